The van der Waals surface area contributed by atoms with Crippen LogP contribution in [0, 0.1) is 0 Å². The largest absolute Gasteiger partial charge is 0.394 e. The Morgan fingerprint density at radius 1 is 1.15 bits per heavy atom. The number of rotatable bonds is 7. The summed E-state index contributed by atoms with van der Waals surface area (Å²) in [6.45, 7) is 10.3. The van der Waals surface area contributed by atoms with Crippen LogP contribution >= 0.6 is 7.60 Å². The molecule has 0 aromatic rings. The Kier molecular flexibility index (Phi) is 8.24. The second-order valence-corrected chi connectivity index (χ2v) is 11.0. The fraction of sp³-hybridized carbons (Fsp3) is 1.00. The van der Waals surface area contributed by atoms with E-state index in [0.29, 0.717) is 6.61 Å². The highest BCUT2D eigenvalue weighted by Gasteiger charge is 2.49. The second-order valence-electron chi connectivity index (χ2n) is 8.39. The first-order valence-corrected chi connectivity index (χ1v) is 10.2. The molecule has 0 aromatic carbocycles. The van der Waals surface area contributed by atoms with Crippen LogP contribution in [0.4, 0.5) is 0 Å². The summed E-state index contributed by atoms with van der Waals surface area (Å²) in [7, 11) is -4.09. The number of hydrogen-bond acceptors (Lipinski definition) is 8. The number of aliphatic hydroxyl groups is 2. The van der Waals surface area contributed by atoms with E-state index in [4.69, 9.17) is 24.5 Å². The normalized spacial score (nSPS) is 33.1. The van der Waals surface area contributed by atoms with Crippen LogP contribution in [0.3, 0.4) is 0 Å². The van der Waals surface area contributed by atoms with Crippen LogP contribution in [0.5, 0.6) is 0 Å². The molecule has 1 rings (SSSR count). The monoisotopic (exact) mass is 399 g/mol. The summed E-state index contributed by atoms with van der Waals surface area (Å²) in [6, 6.07) is -1.02. The van der Waals surface area contributed by atoms with Crippen molar-refractivity contribution in [2.45, 2.75) is 82.9 Å². The first-order chi connectivity index (χ1) is 11.7. The van der Waals surface area contributed by atoms with E-state index < -0.39 is 50.0 Å². The molecule has 1 aliphatic rings. The van der Waals surface area contributed by atoms with Crippen LogP contribution in [0.25, 0.3) is 0 Å². The summed E-state index contributed by atoms with van der Waals surface area (Å²) in [5.41, 5.74) is 5.63. The van der Waals surface area contributed by atoms with E-state index in [1.807, 2.05) is 20.8 Å². The van der Waals surface area contributed by atoms with Gasteiger partial charge in [-0.3, -0.25) is 9.09 Å². The Morgan fingerprint density at radius 3 is 2.19 bits per heavy atom. The Labute approximate surface area is 155 Å². The molecule has 26 heavy (non-hydrogen) atoms. The molecule has 0 bridgehead atoms. The lowest BCUT2D eigenvalue weighted by atomic mass is 9.98. The predicted octanol–water partition coefficient (Wildman–Crippen LogP) is 0.593. The topological polar surface area (TPSA) is 141 Å². The van der Waals surface area contributed by atoms with E-state index in [9.17, 15) is 19.7 Å². The van der Waals surface area contributed by atoms with Gasteiger partial charge in [0.2, 0.25) is 0 Å². The van der Waals surface area contributed by atoms with Gasteiger partial charge in [-0.15, -0.1) is 0 Å². The summed E-state index contributed by atoms with van der Waals surface area (Å²) in [4.78, 5) is 10.1. The van der Waals surface area contributed by atoms with E-state index in [1.165, 1.54) is 0 Å². The van der Waals surface area contributed by atoms with Gasteiger partial charge in [-0.1, -0.05) is 0 Å². The third-order valence-corrected chi connectivity index (χ3v) is 6.14. The second kappa shape index (κ2) is 8.94. The molecular weight excluding hydrogens is 365 g/mol. The van der Waals surface area contributed by atoms with Crippen molar-refractivity contribution < 1.29 is 38.4 Å². The van der Waals surface area contributed by atoms with Crippen molar-refractivity contribution >= 4 is 7.60 Å². The Bertz CT molecular complexity index is 488. The molecule has 1 saturated heterocycles. The number of hydrogen-bond donors (Lipinski definition) is 4. The van der Waals surface area contributed by atoms with Gasteiger partial charge in [0.1, 0.15) is 18.3 Å². The van der Waals surface area contributed by atoms with Gasteiger partial charge in [-0.2, -0.15) is 0 Å². The van der Waals surface area contributed by atoms with Gasteiger partial charge in [0.25, 0.3) is 0 Å². The minimum absolute atomic E-state index is 0.173. The van der Waals surface area contributed by atoms with Crippen molar-refractivity contribution in [1.82, 2.24) is 0 Å². The molecule has 0 amide bonds. The molecule has 1 heterocycles. The Morgan fingerprint density at radius 2 is 1.73 bits per heavy atom. The molecule has 0 aliphatic carbocycles. The average Bonchev–Trinajstić information content (AvgIpc) is 2.48. The maximum absolute atomic E-state index is 12.4. The Hall–Kier alpha value is -0.0900. The van der Waals surface area contributed by atoms with Gasteiger partial charge in [0.05, 0.1) is 36.6 Å². The lowest BCUT2D eigenvalue weighted by Gasteiger charge is -2.43. The fourth-order valence-electron chi connectivity index (χ4n) is 2.20. The highest BCUT2D eigenvalue weighted by molar-refractivity contribution is 7.54. The smallest absolute Gasteiger partial charge is 0.333 e. The summed E-state index contributed by atoms with van der Waals surface area (Å²) < 4.78 is 34.3. The van der Waals surface area contributed by atoms with Gasteiger partial charge >= 0.3 is 7.60 Å². The first kappa shape index (κ1) is 23.9. The van der Waals surface area contributed by atoms with Crippen molar-refractivity contribution in [3.05, 3.63) is 0 Å². The molecule has 5 N–H and O–H groups in total. The zero-order valence-electron chi connectivity index (χ0n) is 16.4. The van der Waals surface area contributed by atoms with Gasteiger partial charge < -0.3 is 35.1 Å². The standard InChI is InChI=1S/C16H34NO8P/c1-15(2,3)23-8-7-22-14-11(17)12(19)13(10(9-18)24-14)25-26(20,21)16(4,5)6/h10-14,18-19H,7-9,17H2,1-6H3,(H,20,21). The summed E-state index contributed by atoms with van der Waals surface area (Å²) in [5, 5.41) is 18.9. The van der Waals surface area contributed by atoms with Crippen LogP contribution in [0.2, 0.25) is 0 Å². The molecule has 156 valence electrons. The molecular formula is C16H34NO8P. The minimum Gasteiger partial charge on any atom is -0.394 e. The van der Waals surface area contributed by atoms with E-state index in [2.05, 4.69) is 0 Å². The van der Waals surface area contributed by atoms with Gasteiger partial charge in [0.15, 0.2) is 6.29 Å². The minimum atomic E-state index is -4.09. The zero-order chi connectivity index (χ0) is 20.3. The highest BCUT2D eigenvalue weighted by atomic mass is 31.2. The Balaban J connectivity index is 2.74. The lowest BCUT2D eigenvalue weighted by molar-refractivity contribution is -0.265. The number of ether oxygens (including phenoxy) is 3. The summed E-state index contributed by atoms with van der Waals surface area (Å²) in [6.07, 6.45) is -4.66. The van der Waals surface area contributed by atoms with Crippen LogP contribution in [0.15, 0.2) is 0 Å². The SMILES string of the molecule is CC(C)(C)OCCOC1OC(CO)C(OP(=O)(O)C(C)(C)C)C(O)C1N. The van der Waals surface area contributed by atoms with Crippen LogP contribution in [0.1, 0.15) is 41.5 Å². The van der Waals surface area contributed by atoms with Gasteiger partial charge in [-0.05, 0) is 41.5 Å². The third-order valence-electron chi connectivity index (χ3n) is 3.91. The van der Waals surface area contributed by atoms with E-state index >= 15 is 0 Å². The molecule has 1 aliphatic heterocycles. The molecule has 0 saturated carbocycles. The number of nitrogens with two attached hydrogens (primary N) is 1. The molecule has 0 aromatic heterocycles. The molecule has 1 fully saturated rings. The highest BCUT2D eigenvalue weighted by Crippen LogP contribution is 2.56. The van der Waals surface area contributed by atoms with Crippen LogP contribution in [-0.2, 0) is 23.3 Å². The van der Waals surface area contributed by atoms with Crippen LogP contribution < -0.4 is 5.73 Å². The van der Waals surface area contributed by atoms with Crippen molar-refractivity contribution in [2.75, 3.05) is 19.8 Å². The molecule has 6 atom stereocenters. The molecule has 6 unspecified atom stereocenters. The molecule has 9 nitrogen and oxygen atoms in total. The lowest BCUT2D eigenvalue weighted by Crippen LogP contribution is -2.63. The van der Waals surface area contributed by atoms with E-state index in [0.717, 1.165) is 0 Å². The zero-order valence-corrected chi connectivity index (χ0v) is 17.3. The summed E-state index contributed by atoms with van der Waals surface area (Å²) >= 11 is 0. The number of aliphatic hydroxyl groups excluding tert-OH is 2. The molecule has 0 radical (unpaired) electrons. The van der Waals surface area contributed by atoms with E-state index in [1.54, 1.807) is 20.8 Å². The predicted molar refractivity (Wildman–Crippen MR) is 95.8 cm³/mol. The van der Waals surface area contributed by atoms with E-state index in [-0.39, 0.29) is 12.2 Å². The fourth-order valence-corrected chi connectivity index (χ4v) is 3.11. The first-order valence-electron chi connectivity index (χ1n) is 8.66. The van der Waals surface area contributed by atoms with Crippen molar-refractivity contribution in [1.29, 1.82) is 0 Å². The molecule has 0 spiro atoms. The summed E-state index contributed by atoms with van der Waals surface area (Å²) in [5.74, 6) is 0. The van der Waals surface area contributed by atoms with Crippen LogP contribution in [-0.4, -0.2) is 76.3 Å². The maximum atomic E-state index is 12.4. The third kappa shape index (κ3) is 6.51. The van der Waals surface area contributed by atoms with Crippen molar-refractivity contribution in [2.24, 2.45) is 5.73 Å². The molecule has 10 heteroatoms. The average molecular weight is 399 g/mol. The van der Waals surface area contributed by atoms with Crippen molar-refractivity contribution in [3.63, 3.8) is 0 Å². The maximum Gasteiger partial charge on any atom is 0.333 e. The quantitative estimate of drug-likeness (QED) is 0.357. The van der Waals surface area contributed by atoms with Crippen molar-refractivity contribution in [3.8, 4) is 0 Å². The van der Waals surface area contributed by atoms with Gasteiger partial charge in [-0.25, -0.2) is 0 Å². The van der Waals surface area contributed by atoms with Gasteiger partial charge in [0, 0.05) is 0 Å².